The molecule has 0 saturated carbocycles. The predicted molar refractivity (Wildman–Crippen MR) is 93.9 cm³/mol. The number of methoxy groups -OCH3 is 1. The molecule has 0 aliphatic rings. The van der Waals surface area contributed by atoms with E-state index in [-0.39, 0.29) is 11.3 Å². The highest BCUT2D eigenvalue weighted by molar-refractivity contribution is 6.00. The first kappa shape index (κ1) is 18.5. The second kappa shape index (κ2) is 7.53. The quantitative estimate of drug-likeness (QED) is 0.737. The summed E-state index contributed by atoms with van der Waals surface area (Å²) >= 11 is 0. The van der Waals surface area contributed by atoms with Crippen LogP contribution in [0.4, 0.5) is 13.2 Å². The van der Waals surface area contributed by atoms with Gasteiger partial charge in [0.25, 0.3) is 5.91 Å². The molecule has 1 N–H and O–H groups in total. The first-order valence-corrected chi connectivity index (χ1v) is 8.02. The van der Waals surface area contributed by atoms with Crippen molar-refractivity contribution in [1.29, 1.82) is 0 Å². The van der Waals surface area contributed by atoms with Crippen LogP contribution >= 0.6 is 0 Å². The van der Waals surface area contributed by atoms with Gasteiger partial charge in [0, 0.05) is 11.8 Å². The van der Waals surface area contributed by atoms with E-state index < -0.39 is 18.6 Å². The SMILES string of the molecule is COc1ccccc1-c1nn(-c2ccccc2)cc1C(=O)NCC(F)(F)F. The van der Waals surface area contributed by atoms with E-state index >= 15 is 0 Å². The maximum atomic E-state index is 12.5. The molecule has 5 nitrogen and oxygen atoms in total. The van der Waals surface area contributed by atoms with Gasteiger partial charge in [-0.2, -0.15) is 18.3 Å². The largest absolute Gasteiger partial charge is 0.496 e. The fourth-order valence-electron chi connectivity index (χ4n) is 2.57. The highest BCUT2D eigenvalue weighted by Gasteiger charge is 2.29. The Morgan fingerprint density at radius 1 is 1.11 bits per heavy atom. The molecule has 0 atom stereocenters. The Morgan fingerprint density at radius 2 is 1.78 bits per heavy atom. The zero-order chi connectivity index (χ0) is 19.4. The van der Waals surface area contributed by atoms with Gasteiger partial charge in [-0.15, -0.1) is 0 Å². The molecule has 8 heteroatoms. The lowest BCUT2D eigenvalue weighted by Gasteiger charge is -2.09. The van der Waals surface area contributed by atoms with Gasteiger partial charge in [-0.3, -0.25) is 4.79 Å². The van der Waals surface area contributed by atoms with Crippen molar-refractivity contribution in [3.63, 3.8) is 0 Å². The zero-order valence-corrected chi connectivity index (χ0v) is 14.3. The number of carbonyl (C=O) groups is 1. The summed E-state index contributed by atoms with van der Waals surface area (Å²) in [5.41, 5.74) is 1.43. The van der Waals surface area contributed by atoms with Gasteiger partial charge >= 0.3 is 6.18 Å². The Hall–Kier alpha value is -3.29. The van der Waals surface area contributed by atoms with Gasteiger partial charge in [-0.1, -0.05) is 30.3 Å². The number of ether oxygens (including phenoxy) is 1. The number of rotatable bonds is 5. The third-order valence-corrected chi connectivity index (χ3v) is 3.79. The van der Waals surface area contributed by atoms with Gasteiger partial charge in [0.05, 0.1) is 18.4 Å². The van der Waals surface area contributed by atoms with Crippen molar-refractivity contribution in [3.05, 3.63) is 66.4 Å². The van der Waals surface area contributed by atoms with E-state index in [9.17, 15) is 18.0 Å². The minimum atomic E-state index is -4.50. The first-order valence-electron chi connectivity index (χ1n) is 8.02. The summed E-state index contributed by atoms with van der Waals surface area (Å²) in [6.45, 7) is -1.42. The Bertz CT molecular complexity index is 937. The summed E-state index contributed by atoms with van der Waals surface area (Å²) in [6.07, 6.45) is -3.10. The Labute approximate surface area is 153 Å². The second-order valence-electron chi connectivity index (χ2n) is 5.67. The number of para-hydroxylation sites is 2. The van der Waals surface area contributed by atoms with Crippen LogP contribution in [0.2, 0.25) is 0 Å². The number of halogens is 3. The minimum Gasteiger partial charge on any atom is -0.496 e. The molecule has 0 saturated heterocycles. The maximum absolute atomic E-state index is 12.5. The topological polar surface area (TPSA) is 56.2 Å². The molecular formula is C19H16F3N3O2. The maximum Gasteiger partial charge on any atom is 0.405 e. The third kappa shape index (κ3) is 4.28. The van der Waals surface area contributed by atoms with Crippen molar-refractivity contribution in [2.45, 2.75) is 6.18 Å². The zero-order valence-electron chi connectivity index (χ0n) is 14.3. The molecule has 0 radical (unpaired) electrons. The molecule has 0 unspecified atom stereocenters. The summed E-state index contributed by atoms with van der Waals surface area (Å²) < 4.78 is 44.2. The number of carbonyl (C=O) groups excluding carboxylic acids is 1. The number of alkyl halides is 3. The Balaban J connectivity index is 2.07. The number of hydrogen-bond acceptors (Lipinski definition) is 3. The van der Waals surface area contributed by atoms with Crippen molar-refractivity contribution >= 4 is 5.91 Å². The normalized spacial score (nSPS) is 11.3. The van der Waals surface area contributed by atoms with E-state index in [0.29, 0.717) is 17.0 Å². The van der Waals surface area contributed by atoms with E-state index in [4.69, 9.17) is 4.74 Å². The van der Waals surface area contributed by atoms with Crippen LogP contribution in [0.25, 0.3) is 16.9 Å². The molecular weight excluding hydrogens is 359 g/mol. The molecule has 140 valence electrons. The summed E-state index contributed by atoms with van der Waals surface area (Å²) in [4.78, 5) is 12.4. The summed E-state index contributed by atoms with van der Waals surface area (Å²) in [6, 6.07) is 15.8. The highest BCUT2D eigenvalue weighted by Crippen LogP contribution is 2.31. The van der Waals surface area contributed by atoms with Crippen LogP contribution in [0.5, 0.6) is 5.75 Å². The summed E-state index contributed by atoms with van der Waals surface area (Å²) in [5.74, 6) is -0.406. The van der Waals surface area contributed by atoms with Crippen molar-refractivity contribution in [2.75, 3.05) is 13.7 Å². The monoisotopic (exact) mass is 375 g/mol. The minimum absolute atomic E-state index is 0.0209. The van der Waals surface area contributed by atoms with E-state index in [0.717, 1.165) is 0 Å². The predicted octanol–water partition coefficient (Wildman–Crippen LogP) is 3.84. The van der Waals surface area contributed by atoms with E-state index in [1.165, 1.54) is 18.0 Å². The standard InChI is InChI=1S/C19H16F3N3O2/c1-27-16-10-6-5-9-14(16)17-15(18(26)23-12-19(20,21)22)11-25(24-17)13-7-3-2-4-8-13/h2-11H,12H2,1H3,(H,23,26). The van der Waals surface area contributed by atoms with Crippen molar-refractivity contribution in [3.8, 4) is 22.7 Å². The number of benzene rings is 2. The van der Waals surface area contributed by atoms with Crippen molar-refractivity contribution in [1.82, 2.24) is 15.1 Å². The van der Waals surface area contributed by atoms with Crippen LogP contribution in [0, 0.1) is 0 Å². The molecule has 0 bridgehead atoms. The molecule has 0 spiro atoms. The van der Waals surface area contributed by atoms with Crippen LogP contribution in [0.15, 0.2) is 60.8 Å². The first-order chi connectivity index (χ1) is 12.9. The van der Waals surface area contributed by atoms with Crippen LogP contribution in [-0.4, -0.2) is 35.5 Å². The Kier molecular flexibility index (Phi) is 5.16. The lowest BCUT2D eigenvalue weighted by Crippen LogP contribution is -2.33. The summed E-state index contributed by atoms with van der Waals surface area (Å²) in [7, 11) is 1.47. The van der Waals surface area contributed by atoms with E-state index in [1.807, 2.05) is 11.4 Å². The number of nitrogens with zero attached hydrogens (tertiary/aromatic N) is 2. The van der Waals surface area contributed by atoms with Crippen molar-refractivity contribution in [2.24, 2.45) is 0 Å². The van der Waals surface area contributed by atoms with Gasteiger partial charge in [0.1, 0.15) is 18.0 Å². The van der Waals surface area contributed by atoms with E-state index in [2.05, 4.69) is 5.10 Å². The molecule has 1 amide bonds. The van der Waals surface area contributed by atoms with Gasteiger partial charge in [0.2, 0.25) is 0 Å². The molecule has 0 aliphatic heterocycles. The number of hydrogen-bond donors (Lipinski definition) is 1. The molecule has 0 fully saturated rings. The molecule has 27 heavy (non-hydrogen) atoms. The fourth-order valence-corrected chi connectivity index (χ4v) is 2.57. The van der Waals surface area contributed by atoms with Gasteiger partial charge in [0.15, 0.2) is 0 Å². The van der Waals surface area contributed by atoms with E-state index in [1.54, 1.807) is 48.5 Å². The highest BCUT2D eigenvalue weighted by atomic mass is 19.4. The smallest absolute Gasteiger partial charge is 0.405 e. The van der Waals surface area contributed by atoms with Gasteiger partial charge < -0.3 is 10.1 Å². The average molecular weight is 375 g/mol. The molecule has 0 aliphatic carbocycles. The van der Waals surface area contributed by atoms with Crippen LogP contribution in [0.1, 0.15) is 10.4 Å². The van der Waals surface area contributed by atoms with Crippen molar-refractivity contribution < 1.29 is 22.7 Å². The van der Waals surface area contributed by atoms with Crippen LogP contribution in [-0.2, 0) is 0 Å². The molecule has 1 heterocycles. The average Bonchev–Trinajstić information content (AvgIpc) is 3.11. The summed E-state index contributed by atoms with van der Waals surface area (Å²) in [5, 5.41) is 6.31. The molecule has 3 aromatic rings. The van der Waals surface area contributed by atoms with Gasteiger partial charge in [-0.05, 0) is 24.3 Å². The second-order valence-corrected chi connectivity index (χ2v) is 5.67. The number of amides is 1. The van der Waals surface area contributed by atoms with Gasteiger partial charge in [-0.25, -0.2) is 4.68 Å². The lowest BCUT2D eigenvalue weighted by atomic mass is 10.1. The third-order valence-electron chi connectivity index (χ3n) is 3.79. The Morgan fingerprint density at radius 3 is 2.44 bits per heavy atom. The fraction of sp³-hybridized carbons (Fsp3) is 0.158. The van der Waals surface area contributed by atoms with Crippen LogP contribution in [0.3, 0.4) is 0 Å². The molecule has 3 rings (SSSR count). The number of nitrogens with one attached hydrogen (secondary N) is 1. The molecule has 2 aromatic carbocycles. The van der Waals surface area contributed by atoms with Crippen LogP contribution < -0.4 is 10.1 Å². The lowest BCUT2D eigenvalue weighted by molar-refractivity contribution is -0.123. The molecule has 1 aromatic heterocycles. The number of aromatic nitrogens is 2.